The van der Waals surface area contributed by atoms with Gasteiger partial charge in [-0.25, -0.2) is 0 Å². The molecule has 1 aliphatic rings. The Kier molecular flexibility index (Phi) is 4.54. The summed E-state index contributed by atoms with van der Waals surface area (Å²) in [4.78, 5) is 12.3. The second-order valence-electron chi connectivity index (χ2n) is 5.76. The molecule has 114 valence electrons. The third-order valence-corrected chi connectivity index (χ3v) is 4.14. The molecule has 0 unspecified atom stereocenters. The first-order valence-corrected chi connectivity index (χ1v) is 7.82. The third kappa shape index (κ3) is 3.37. The summed E-state index contributed by atoms with van der Waals surface area (Å²) >= 11 is 0. The van der Waals surface area contributed by atoms with E-state index in [0.29, 0.717) is 5.56 Å². The number of benzene rings is 2. The number of carbonyl (C=O) groups is 1. The molecule has 0 spiro atoms. The van der Waals surface area contributed by atoms with Crippen LogP contribution in [0.1, 0.15) is 30.1 Å². The van der Waals surface area contributed by atoms with Crippen LogP contribution in [0.25, 0.3) is 11.1 Å². The molecule has 2 atom stereocenters. The standard InChI is InChI=1S/C19H21NO2/c1-14(18-8-5-13-22-18)20-19(21)17-11-9-16(10-12-17)15-6-3-2-4-7-15/h2-4,6-7,9-12,14,18H,5,8,13H2,1H3,(H,20,21)/t14-,18+/m1/s1. The number of hydrogen-bond acceptors (Lipinski definition) is 2. The van der Waals surface area contributed by atoms with Gasteiger partial charge >= 0.3 is 0 Å². The Labute approximate surface area is 131 Å². The highest BCUT2D eigenvalue weighted by atomic mass is 16.5. The number of carbonyl (C=O) groups excluding carboxylic acids is 1. The van der Waals surface area contributed by atoms with Crippen molar-refractivity contribution in [2.45, 2.75) is 31.9 Å². The van der Waals surface area contributed by atoms with Crippen molar-refractivity contribution in [3.05, 3.63) is 60.2 Å². The van der Waals surface area contributed by atoms with Crippen LogP contribution in [-0.2, 0) is 4.74 Å². The van der Waals surface area contributed by atoms with E-state index < -0.39 is 0 Å². The van der Waals surface area contributed by atoms with Gasteiger partial charge in [0.15, 0.2) is 0 Å². The van der Waals surface area contributed by atoms with Crippen molar-refractivity contribution in [3.8, 4) is 11.1 Å². The smallest absolute Gasteiger partial charge is 0.251 e. The summed E-state index contributed by atoms with van der Waals surface area (Å²) in [6.45, 7) is 2.81. The van der Waals surface area contributed by atoms with Crippen molar-refractivity contribution >= 4 is 5.91 Å². The summed E-state index contributed by atoms with van der Waals surface area (Å²) in [6, 6.07) is 17.9. The Morgan fingerprint density at radius 3 is 2.41 bits per heavy atom. The molecule has 0 bridgehead atoms. The van der Waals surface area contributed by atoms with Crippen LogP contribution in [0.15, 0.2) is 54.6 Å². The number of ether oxygens (including phenoxy) is 1. The van der Waals surface area contributed by atoms with Crippen LogP contribution >= 0.6 is 0 Å². The molecule has 3 nitrogen and oxygen atoms in total. The van der Waals surface area contributed by atoms with E-state index >= 15 is 0 Å². The minimum atomic E-state index is -0.0392. The Bertz CT molecular complexity index is 616. The van der Waals surface area contributed by atoms with Crippen LogP contribution in [0.2, 0.25) is 0 Å². The monoisotopic (exact) mass is 295 g/mol. The van der Waals surface area contributed by atoms with Gasteiger partial charge in [0.1, 0.15) is 0 Å². The average molecular weight is 295 g/mol. The highest BCUT2D eigenvalue weighted by Gasteiger charge is 2.23. The molecular formula is C19H21NO2. The summed E-state index contributed by atoms with van der Waals surface area (Å²) < 4.78 is 5.61. The molecule has 1 aliphatic heterocycles. The molecule has 1 heterocycles. The molecule has 1 fully saturated rings. The lowest BCUT2D eigenvalue weighted by Gasteiger charge is -2.20. The Hall–Kier alpha value is -2.13. The molecule has 1 amide bonds. The zero-order chi connectivity index (χ0) is 15.4. The number of rotatable bonds is 4. The van der Waals surface area contributed by atoms with Crippen molar-refractivity contribution < 1.29 is 9.53 Å². The van der Waals surface area contributed by atoms with E-state index in [1.807, 2.05) is 49.4 Å². The van der Waals surface area contributed by atoms with Crippen molar-refractivity contribution in [1.29, 1.82) is 0 Å². The fourth-order valence-corrected chi connectivity index (χ4v) is 2.82. The Morgan fingerprint density at radius 2 is 1.77 bits per heavy atom. The second kappa shape index (κ2) is 6.75. The maximum absolute atomic E-state index is 12.3. The molecule has 0 saturated carbocycles. The molecule has 3 heteroatoms. The predicted octanol–water partition coefficient (Wildman–Crippen LogP) is 3.65. The van der Waals surface area contributed by atoms with Crippen LogP contribution in [0.3, 0.4) is 0 Å². The molecule has 1 N–H and O–H groups in total. The molecule has 2 aromatic rings. The van der Waals surface area contributed by atoms with Gasteiger partial charge in [0.25, 0.3) is 5.91 Å². The van der Waals surface area contributed by atoms with Gasteiger partial charge < -0.3 is 10.1 Å². The van der Waals surface area contributed by atoms with Crippen molar-refractivity contribution in [3.63, 3.8) is 0 Å². The van der Waals surface area contributed by atoms with E-state index in [2.05, 4.69) is 17.4 Å². The fourth-order valence-electron chi connectivity index (χ4n) is 2.82. The predicted molar refractivity (Wildman–Crippen MR) is 87.8 cm³/mol. The third-order valence-electron chi connectivity index (χ3n) is 4.14. The summed E-state index contributed by atoms with van der Waals surface area (Å²) in [5, 5.41) is 3.03. The normalized spacial score (nSPS) is 18.9. The largest absolute Gasteiger partial charge is 0.376 e. The number of amides is 1. The van der Waals surface area contributed by atoms with Gasteiger partial charge in [-0.1, -0.05) is 42.5 Å². The van der Waals surface area contributed by atoms with Gasteiger partial charge in [-0.05, 0) is 43.0 Å². The van der Waals surface area contributed by atoms with Gasteiger partial charge in [-0.15, -0.1) is 0 Å². The highest BCUT2D eigenvalue weighted by molar-refractivity contribution is 5.94. The van der Waals surface area contributed by atoms with Crippen molar-refractivity contribution in [2.75, 3.05) is 6.61 Å². The van der Waals surface area contributed by atoms with E-state index in [1.54, 1.807) is 0 Å². The van der Waals surface area contributed by atoms with Gasteiger partial charge in [0.05, 0.1) is 12.1 Å². The van der Waals surface area contributed by atoms with Gasteiger partial charge in [0, 0.05) is 12.2 Å². The average Bonchev–Trinajstić information content (AvgIpc) is 3.10. The maximum atomic E-state index is 12.3. The number of hydrogen-bond donors (Lipinski definition) is 1. The van der Waals surface area contributed by atoms with Crippen LogP contribution < -0.4 is 5.32 Å². The van der Waals surface area contributed by atoms with Gasteiger partial charge in [-0.3, -0.25) is 4.79 Å². The van der Waals surface area contributed by atoms with Crippen molar-refractivity contribution in [1.82, 2.24) is 5.32 Å². The quantitative estimate of drug-likeness (QED) is 0.935. The van der Waals surface area contributed by atoms with Crippen LogP contribution in [0.5, 0.6) is 0 Å². The molecule has 3 rings (SSSR count). The SMILES string of the molecule is C[C@@H](NC(=O)c1ccc(-c2ccccc2)cc1)[C@@H]1CCCO1. The molecule has 0 aliphatic carbocycles. The summed E-state index contributed by atoms with van der Waals surface area (Å²) in [7, 11) is 0. The number of nitrogens with one attached hydrogen (secondary N) is 1. The fraction of sp³-hybridized carbons (Fsp3) is 0.316. The first-order chi connectivity index (χ1) is 10.7. The lowest BCUT2D eigenvalue weighted by Crippen LogP contribution is -2.40. The van der Waals surface area contributed by atoms with Crippen LogP contribution in [-0.4, -0.2) is 24.7 Å². The highest BCUT2D eigenvalue weighted by Crippen LogP contribution is 2.20. The zero-order valence-electron chi connectivity index (χ0n) is 12.8. The Balaban J connectivity index is 1.66. The second-order valence-corrected chi connectivity index (χ2v) is 5.76. The summed E-state index contributed by atoms with van der Waals surface area (Å²) in [5.74, 6) is -0.0392. The van der Waals surface area contributed by atoms with Crippen LogP contribution in [0.4, 0.5) is 0 Å². The first-order valence-electron chi connectivity index (χ1n) is 7.82. The lowest BCUT2D eigenvalue weighted by atomic mass is 10.0. The minimum absolute atomic E-state index is 0.0392. The molecule has 0 radical (unpaired) electrons. The minimum Gasteiger partial charge on any atom is -0.376 e. The maximum Gasteiger partial charge on any atom is 0.251 e. The van der Waals surface area contributed by atoms with Gasteiger partial charge in [-0.2, -0.15) is 0 Å². The Morgan fingerprint density at radius 1 is 1.09 bits per heavy atom. The topological polar surface area (TPSA) is 38.3 Å². The lowest BCUT2D eigenvalue weighted by molar-refractivity contribution is 0.0712. The molecule has 1 saturated heterocycles. The summed E-state index contributed by atoms with van der Waals surface area (Å²) in [5.41, 5.74) is 2.95. The van der Waals surface area contributed by atoms with E-state index in [4.69, 9.17) is 4.74 Å². The van der Waals surface area contributed by atoms with Gasteiger partial charge in [0.2, 0.25) is 0 Å². The first kappa shape index (κ1) is 14.8. The molecule has 2 aromatic carbocycles. The van der Waals surface area contributed by atoms with E-state index in [-0.39, 0.29) is 18.1 Å². The van der Waals surface area contributed by atoms with E-state index in [0.717, 1.165) is 30.6 Å². The zero-order valence-corrected chi connectivity index (χ0v) is 12.8. The van der Waals surface area contributed by atoms with E-state index in [9.17, 15) is 4.79 Å². The van der Waals surface area contributed by atoms with Crippen molar-refractivity contribution in [2.24, 2.45) is 0 Å². The molecule has 0 aromatic heterocycles. The summed E-state index contributed by atoms with van der Waals surface area (Å²) in [6.07, 6.45) is 2.25. The molecule has 22 heavy (non-hydrogen) atoms. The van der Waals surface area contributed by atoms with E-state index in [1.165, 1.54) is 0 Å². The molecular weight excluding hydrogens is 274 g/mol. The van der Waals surface area contributed by atoms with Crippen LogP contribution in [0, 0.1) is 0 Å².